The van der Waals surface area contributed by atoms with Crippen LogP contribution >= 0.6 is 0 Å². The molecule has 1 aromatic rings. The Labute approximate surface area is 121 Å². The molecule has 2 rings (SSSR count). The maximum Gasteiger partial charge on any atom is 0.276 e. The molecule has 1 fully saturated rings. The first-order chi connectivity index (χ1) is 10.1. The third kappa shape index (κ3) is 3.65. The number of nitrogens with zero attached hydrogens (tertiary/aromatic N) is 2. The third-order valence-corrected chi connectivity index (χ3v) is 3.26. The molecule has 0 spiro atoms. The Bertz CT molecular complexity index is 558. The second-order valence-corrected chi connectivity index (χ2v) is 4.59. The molecule has 0 aromatic heterocycles. The van der Waals surface area contributed by atoms with Gasteiger partial charge in [-0.05, 0) is 12.1 Å². The molecule has 1 aliphatic heterocycles. The molecule has 0 bridgehead atoms. The number of nitro benzene ring substituents is 1. The fraction of sp³-hybridized carbons (Fsp3) is 0.357. The Morgan fingerprint density at radius 1 is 1.52 bits per heavy atom. The molecule has 1 aromatic carbocycles. The fourth-order valence-corrected chi connectivity index (χ4v) is 2.15. The fourth-order valence-electron chi connectivity index (χ4n) is 2.15. The Morgan fingerprint density at radius 3 is 3.00 bits per heavy atom. The molecule has 7 heteroatoms. The maximum absolute atomic E-state index is 12.1. The van der Waals surface area contributed by atoms with Crippen molar-refractivity contribution < 1.29 is 19.6 Å². The second-order valence-electron chi connectivity index (χ2n) is 4.59. The molecule has 1 saturated heterocycles. The van der Waals surface area contributed by atoms with Crippen molar-refractivity contribution in [3.05, 3.63) is 46.0 Å². The highest BCUT2D eigenvalue weighted by molar-refractivity contribution is 5.92. The van der Waals surface area contributed by atoms with Gasteiger partial charge in [0.2, 0.25) is 5.91 Å². The lowest BCUT2D eigenvalue weighted by Gasteiger charge is -2.33. The maximum atomic E-state index is 12.1. The summed E-state index contributed by atoms with van der Waals surface area (Å²) in [5.74, 6) is -0.296. The molecular weight excluding hydrogens is 276 g/mol. The summed E-state index contributed by atoms with van der Waals surface area (Å²) in [6, 6.07) is 5.82. The van der Waals surface area contributed by atoms with E-state index in [0.717, 1.165) is 0 Å². The molecule has 0 aliphatic carbocycles. The van der Waals surface area contributed by atoms with Gasteiger partial charge in [0.05, 0.1) is 36.3 Å². The molecule has 112 valence electrons. The number of hydrogen-bond donors (Lipinski definition) is 1. The summed E-state index contributed by atoms with van der Waals surface area (Å²) in [6.45, 7) is 0.930. The van der Waals surface area contributed by atoms with Gasteiger partial charge in [0.15, 0.2) is 0 Å². The predicted molar refractivity (Wildman–Crippen MR) is 75.5 cm³/mol. The van der Waals surface area contributed by atoms with Crippen LogP contribution in [-0.2, 0) is 9.53 Å². The van der Waals surface area contributed by atoms with Gasteiger partial charge in [0.25, 0.3) is 5.69 Å². The van der Waals surface area contributed by atoms with Crippen molar-refractivity contribution in [1.29, 1.82) is 0 Å². The second kappa shape index (κ2) is 6.96. The minimum Gasteiger partial charge on any atom is -0.394 e. The van der Waals surface area contributed by atoms with Gasteiger partial charge >= 0.3 is 0 Å². The number of benzene rings is 1. The van der Waals surface area contributed by atoms with Crippen LogP contribution in [0.25, 0.3) is 6.08 Å². The van der Waals surface area contributed by atoms with E-state index in [1.54, 1.807) is 18.2 Å². The lowest BCUT2D eigenvalue weighted by Crippen LogP contribution is -2.49. The molecule has 1 unspecified atom stereocenters. The highest BCUT2D eigenvalue weighted by atomic mass is 16.6. The topological polar surface area (TPSA) is 92.9 Å². The van der Waals surface area contributed by atoms with E-state index in [0.29, 0.717) is 25.3 Å². The van der Waals surface area contributed by atoms with Gasteiger partial charge < -0.3 is 14.7 Å². The smallest absolute Gasteiger partial charge is 0.276 e. The van der Waals surface area contributed by atoms with Crippen LogP contribution in [0.3, 0.4) is 0 Å². The number of carbonyl (C=O) groups excluding carboxylic acids is 1. The summed E-state index contributed by atoms with van der Waals surface area (Å²) in [7, 11) is 0. The average molecular weight is 292 g/mol. The zero-order valence-electron chi connectivity index (χ0n) is 11.3. The van der Waals surface area contributed by atoms with Crippen LogP contribution in [0.2, 0.25) is 0 Å². The number of aliphatic hydroxyl groups excluding tert-OH is 1. The van der Waals surface area contributed by atoms with Crippen molar-refractivity contribution in [3.8, 4) is 0 Å². The Balaban J connectivity index is 2.13. The van der Waals surface area contributed by atoms with Crippen molar-refractivity contribution in [2.75, 3.05) is 26.4 Å². The number of morpholine rings is 1. The zero-order chi connectivity index (χ0) is 15.2. The normalized spacial score (nSPS) is 18.9. The molecule has 1 heterocycles. The molecule has 1 amide bonds. The minimum atomic E-state index is -0.491. The molecular formula is C14H16N2O5. The SMILES string of the molecule is O=C(/C=C/c1ccccc1[N+](=O)[O-])N1CCOCC1CO. The van der Waals surface area contributed by atoms with Crippen LogP contribution in [-0.4, -0.2) is 53.2 Å². The van der Waals surface area contributed by atoms with Crippen LogP contribution in [0.4, 0.5) is 5.69 Å². The van der Waals surface area contributed by atoms with E-state index in [-0.39, 0.29) is 24.2 Å². The average Bonchev–Trinajstić information content (AvgIpc) is 2.52. The van der Waals surface area contributed by atoms with Crippen LogP contribution in [0.1, 0.15) is 5.56 Å². The number of nitro groups is 1. The lowest BCUT2D eigenvalue weighted by atomic mass is 10.1. The van der Waals surface area contributed by atoms with Crippen molar-refractivity contribution in [2.24, 2.45) is 0 Å². The predicted octanol–water partition coefficient (Wildman–Crippen LogP) is 0.828. The molecule has 1 aliphatic rings. The highest BCUT2D eigenvalue weighted by Gasteiger charge is 2.25. The number of carbonyl (C=O) groups is 1. The largest absolute Gasteiger partial charge is 0.394 e. The molecule has 7 nitrogen and oxygen atoms in total. The standard InChI is InChI=1S/C14H16N2O5/c17-9-12-10-21-8-7-15(12)14(18)6-5-11-3-1-2-4-13(11)16(19)20/h1-6,12,17H,7-10H2/b6-5+. The van der Waals surface area contributed by atoms with Gasteiger partial charge in [-0.1, -0.05) is 12.1 Å². The van der Waals surface area contributed by atoms with Crippen molar-refractivity contribution in [1.82, 2.24) is 4.90 Å². The van der Waals surface area contributed by atoms with Crippen LogP contribution in [0.15, 0.2) is 30.3 Å². The molecule has 0 saturated carbocycles. The molecule has 21 heavy (non-hydrogen) atoms. The third-order valence-electron chi connectivity index (χ3n) is 3.26. The first kappa shape index (κ1) is 15.1. The summed E-state index contributed by atoms with van der Waals surface area (Å²) in [6.07, 6.45) is 2.71. The molecule has 1 atom stereocenters. The van der Waals surface area contributed by atoms with E-state index >= 15 is 0 Å². The van der Waals surface area contributed by atoms with E-state index in [1.165, 1.54) is 23.1 Å². The summed E-state index contributed by atoms with van der Waals surface area (Å²) >= 11 is 0. The minimum absolute atomic E-state index is 0.0535. The van der Waals surface area contributed by atoms with Gasteiger partial charge in [-0.25, -0.2) is 0 Å². The Morgan fingerprint density at radius 2 is 2.29 bits per heavy atom. The summed E-state index contributed by atoms with van der Waals surface area (Å²) in [5, 5.41) is 20.1. The summed E-state index contributed by atoms with van der Waals surface area (Å²) < 4.78 is 5.20. The van der Waals surface area contributed by atoms with Gasteiger partial charge in [-0.3, -0.25) is 14.9 Å². The first-order valence-electron chi connectivity index (χ1n) is 6.54. The lowest BCUT2D eigenvalue weighted by molar-refractivity contribution is -0.385. The van der Waals surface area contributed by atoms with Gasteiger partial charge in [-0.2, -0.15) is 0 Å². The number of rotatable bonds is 4. The quantitative estimate of drug-likeness (QED) is 0.504. The first-order valence-corrected chi connectivity index (χ1v) is 6.54. The molecule has 1 N–H and O–H groups in total. The number of aliphatic hydroxyl groups is 1. The van der Waals surface area contributed by atoms with Gasteiger partial charge in [0, 0.05) is 18.7 Å². The van der Waals surface area contributed by atoms with E-state index in [9.17, 15) is 20.0 Å². The van der Waals surface area contributed by atoms with Crippen molar-refractivity contribution in [2.45, 2.75) is 6.04 Å². The summed E-state index contributed by atoms with van der Waals surface area (Å²) in [4.78, 5) is 24.0. The number of hydrogen-bond acceptors (Lipinski definition) is 5. The Hall–Kier alpha value is -2.25. The van der Waals surface area contributed by atoms with Gasteiger partial charge in [0.1, 0.15) is 0 Å². The van der Waals surface area contributed by atoms with Crippen molar-refractivity contribution in [3.63, 3.8) is 0 Å². The van der Waals surface area contributed by atoms with E-state index < -0.39 is 4.92 Å². The summed E-state index contributed by atoms with van der Waals surface area (Å²) in [5.41, 5.74) is 0.312. The molecule has 0 radical (unpaired) electrons. The number of para-hydroxylation sites is 1. The van der Waals surface area contributed by atoms with Crippen LogP contribution in [0.5, 0.6) is 0 Å². The van der Waals surface area contributed by atoms with Crippen LogP contribution < -0.4 is 0 Å². The Kier molecular flexibility index (Phi) is 5.02. The van der Waals surface area contributed by atoms with Crippen LogP contribution in [0, 0.1) is 10.1 Å². The van der Waals surface area contributed by atoms with E-state index in [1.807, 2.05) is 0 Å². The number of amides is 1. The number of ether oxygens (including phenoxy) is 1. The zero-order valence-corrected chi connectivity index (χ0v) is 11.3. The van der Waals surface area contributed by atoms with Gasteiger partial charge in [-0.15, -0.1) is 0 Å². The van der Waals surface area contributed by atoms with E-state index in [2.05, 4.69) is 0 Å². The van der Waals surface area contributed by atoms with Crippen molar-refractivity contribution >= 4 is 17.7 Å². The van der Waals surface area contributed by atoms with E-state index in [4.69, 9.17) is 4.74 Å². The monoisotopic (exact) mass is 292 g/mol. The highest BCUT2D eigenvalue weighted by Crippen LogP contribution is 2.19.